The minimum Gasteiger partial charge on any atom is -0.331 e. The van der Waals surface area contributed by atoms with E-state index in [0.29, 0.717) is 16.3 Å². The van der Waals surface area contributed by atoms with Gasteiger partial charge in [-0.25, -0.2) is 5.43 Å². The van der Waals surface area contributed by atoms with Crippen molar-refractivity contribution in [2.24, 2.45) is 0 Å². The summed E-state index contributed by atoms with van der Waals surface area (Å²) >= 11 is 6.30. The van der Waals surface area contributed by atoms with Gasteiger partial charge in [0.2, 0.25) is 0 Å². The van der Waals surface area contributed by atoms with E-state index in [2.05, 4.69) is 10.7 Å². The van der Waals surface area contributed by atoms with Crippen LogP contribution >= 0.6 is 11.6 Å². The molecule has 0 fully saturated rings. The molecule has 0 bridgehead atoms. The fraction of sp³-hybridized carbons (Fsp3) is 0.0952. The van der Waals surface area contributed by atoms with Crippen LogP contribution in [-0.2, 0) is 6.18 Å². The number of nitrogens with zero attached hydrogens (tertiary/aromatic N) is 1. The number of benzene rings is 3. The minimum atomic E-state index is -4.63. The molecule has 4 nitrogen and oxygen atoms in total. The van der Waals surface area contributed by atoms with Crippen molar-refractivity contribution in [3.05, 3.63) is 94.5 Å². The van der Waals surface area contributed by atoms with Crippen molar-refractivity contribution in [1.82, 2.24) is 10.7 Å². The van der Waals surface area contributed by atoms with Crippen LogP contribution in [0.4, 0.5) is 24.5 Å². The van der Waals surface area contributed by atoms with Gasteiger partial charge in [-0.1, -0.05) is 54.1 Å². The number of para-hydroxylation sites is 2. The molecule has 1 unspecified atom stereocenters. The molecule has 1 aliphatic heterocycles. The number of carbonyl (C=O) groups is 1. The summed E-state index contributed by atoms with van der Waals surface area (Å²) in [6, 6.07) is 19.1. The standard InChI is InChI=1S/C21H15ClF3N3O/c22-16-10-4-6-12-18(16)28-17-11-5-2-8-14(17)19(27-28)26-20(29)13-7-1-3-9-15(13)21(23,24)25/h1-12,19,27H,(H,26,29). The first kappa shape index (κ1) is 19.3. The van der Waals surface area contributed by atoms with Crippen molar-refractivity contribution in [3.8, 4) is 0 Å². The predicted molar refractivity (Wildman–Crippen MR) is 105 cm³/mol. The molecule has 1 aliphatic rings. The molecule has 1 amide bonds. The molecule has 4 rings (SSSR count). The first-order valence-electron chi connectivity index (χ1n) is 8.73. The smallest absolute Gasteiger partial charge is 0.331 e. The van der Waals surface area contributed by atoms with Gasteiger partial charge in [0, 0.05) is 5.56 Å². The second kappa shape index (κ2) is 7.42. The van der Waals surface area contributed by atoms with E-state index < -0.39 is 29.4 Å². The Hall–Kier alpha value is -3.03. The Kier molecular flexibility index (Phi) is 4.94. The number of halogens is 4. The lowest BCUT2D eigenvalue weighted by molar-refractivity contribution is -0.137. The van der Waals surface area contributed by atoms with Crippen LogP contribution in [0.5, 0.6) is 0 Å². The largest absolute Gasteiger partial charge is 0.417 e. The van der Waals surface area contributed by atoms with E-state index in [-0.39, 0.29) is 0 Å². The van der Waals surface area contributed by atoms with Crippen LogP contribution in [0.2, 0.25) is 5.02 Å². The summed E-state index contributed by atoms with van der Waals surface area (Å²) in [6.07, 6.45) is -5.35. The molecule has 3 aromatic carbocycles. The van der Waals surface area contributed by atoms with Crippen molar-refractivity contribution in [1.29, 1.82) is 0 Å². The van der Waals surface area contributed by atoms with Gasteiger partial charge >= 0.3 is 6.18 Å². The van der Waals surface area contributed by atoms with E-state index >= 15 is 0 Å². The lowest BCUT2D eigenvalue weighted by atomic mass is 10.1. The molecule has 0 saturated carbocycles. The van der Waals surface area contributed by atoms with Gasteiger partial charge in [0.1, 0.15) is 6.17 Å². The molecule has 2 N–H and O–H groups in total. The summed E-state index contributed by atoms with van der Waals surface area (Å²) in [5.41, 5.74) is 3.81. The predicted octanol–water partition coefficient (Wildman–Crippen LogP) is 5.44. The Balaban J connectivity index is 1.66. The summed E-state index contributed by atoms with van der Waals surface area (Å²) in [6.45, 7) is 0. The van der Waals surface area contributed by atoms with Crippen LogP contribution in [-0.4, -0.2) is 5.91 Å². The molecular weight excluding hydrogens is 403 g/mol. The average molecular weight is 418 g/mol. The zero-order chi connectivity index (χ0) is 20.6. The lowest BCUT2D eigenvalue weighted by Gasteiger charge is -2.22. The summed E-state index contributed by atoms with van der Waals surface area (Å²) in [4.78, 5) is 12.7. The highest BCUT2D eigenvalue weighted by atomic mass is 35.5. The highest BCUT2D eigenvalue weighted by Crippen LogP contribution is 2.39. The molecule has 8 heteroatoms. The van der Waals surface area contributed by atoms with Gasteiger partial charge in [-0.3, -0.25) is 9.80 Å². The van der Waals surface area contributed by atoms with Gasteiger partial charge < -0.3 is 5.32 Å². The molecule has 0 saturated heterocycles. The quantitative estimate of drug-likeness (QED) is 0.596. The van der Waals surface area contributed by atoms with Gasteiger partial charge in [-0.05, 0) is 30.3 Å². The summed E-state index contributed by atoms with van der Waals surface area (Å²) in [7, 11) is 0. The van der Waals surface area contributed by atoms with Crippen LogP contribution in [0.3, 0.4) is 0 Å². The average Bonchev–Trinajstić information content (AvgIpc) is 3.06. The molecule has 1 atom stereocenters. The second-order valence-electron chi connectivity index (χ2n) is 6.42. The zero-order valence-corrected chi connectivity index (χ0v) is 15.6. The highest BCUT2D eigenvalue weighted by molar-refractivity contribution is 6.33. The summed E-state index contributed by atoms with van der Waals surface area (Å²) in [5.74, 6) is -0.828. The number of hydrogen-bond acceptors (Lipinski definition) is 3. The van der Waals surface area contributed by atoms with Gasteiger partial charge in [0.15, 0.2) is 0 Å². The Bertz CT molecular complexity index is 1070. The van der Waals surface area contributed by atoms with Crippen LogP contribution in [0, 0.1) is 0 Å². The third-order valence-electron chi connectivity index (χ3n) is 4.59. The number of alkyl halides is 3. The van der Waals surface area contributed by atoms with Crippen LogP contribution in [0.25, 0.3) is 0 Å². The number of carbonyl (C=O) groups excluding carboxylic acids is 1. The summed E-state index contributed by atoms with van der Waals surface area (Å²) in [5, 5.41) is 4.84. The first-order chi connectivity index (χ1) is 13.9. The number of fused-ring (bicyclic) bond motifs is 1. The van der Waals surface area contributed by atoms with E-state index in [4.69, 9.17) is 11.6 Å². The topological polar surface area (TPSA) is 44.4 Å². The Morgan fingerprint density at radius 1 is 0.931 bits per heavy atom. The minimum absolute atomic E-state index is 0.435. The molecule has 29 heavy (non-hydrogen) atoms. The van der Waals surface area contributed by atoms with Gasteiger partial charge in [0.05, 0.1) is 27.5 Å². The van der Waals surface area contributed by atoms with Gasteiger partial charge in [0.25, 0.3) is 5.91 Å². The molecule has 1 heterocycles. The Morgan fingerprint density at radius 2 is 1.55 bits per heavy atom. The molecule has 0 aliphatic carbocycles. The molecule has 3 aromatic rings. The van der Waals surface area contributed by atoms with E-state index in [1.165, 1.54) is 12.1 Å². The number of amides is 1. The molecular formula is C21H15ClF3N3O. The van der Waals surface area contributed by atoms with E-state index in [1.807, 2.05) is 18.2 Å². The van der Waals surface area contributed by atoms with E-state index in [9.17, 15) is 18.0 Å². The number of nitrogens with one attached hydrogen (secondary N) is 2. The van der Waals surface area contributed by atoms with Crippen molar-refractivity contribution >= 4 is 28.9 Å². The number of anilines is 2. The fourth-order valence-electron chi connectivity index (χ4n) is 3.28. The van der Waals surface area contributed by atoms with Crippen LogP contribution in [0.1, 0.15) is 27.7 Å². The third kappa shape index (κ3) is 3.66. The maximum absolute atomic E-state index is 13.3. The Labute approximate surface area is 169 Å². The summed E-state index contributed by atoms with van der Waals surface area (Å²) < 4.78 is 39.8. The monoisotopic (exact) mass is 417 g/mol. The van der Waals surface area contributed by atoms with Crippen molar-refractivity contribution in [2.45, 2.75) is 12.3 Å². The number of rotatable bonds is 3. The lowest BCUT2D eigenvalue weighted by Crippen LogP contribution is -2.40. The number of hydrazine groups is 1. The number of hydrogen-bond donors (Lipinski definition) is 2. The normalized spacial score (nSPS) is 15.9. The van der Waals surface area contributed by atoms with Gasteiger partial charge in [-0.15, -0.1) is 0 Å². The third-order valence-corrected chi connectivity index (χ3v) is 4.91. The van der Waals surface area contributed by atoms with E-state index in [0.717, 1.165) is 17.8 Å². The maximum Gasteiger partial charge on any atom is 0.417 e. The van der Waals surface area contributed by atoms with E-state index in [1.54, 1.807) is 35.3 Å². The first-order valence-corrected chi connectivity index (χ1v) is 9.11. The highest BCUT2D eigenvalue weighted by Gasteiger charge is 2.36. The van der Waals surface area contributed by atoms with Crippen molar-refractivity contribution in [2.75, 3.05) is 5.01 Å². The fourth-order valence-corrected chi connectivity index (χ4v) is 3.50. The SMILES string of the molecule is O=C(NC1NN(c2ccccc2Cl)c2ccccc21)c1ccccc1C(F)(F)F. The van der Waals surface area contributed by atoms with Gasteiger partial charge in [-0.2, -0.15) is 13.2 Å². The van der Waals surface area contributed by atoms with Crippen molar-refractivity contribution < 1.29 is 18.0 Å². The van der Waals surface area contributed by atoms with Crippen LogP contribution < -0.4 is 15.8 Å². The zero-order valence-electron chi connectivity index (χ0n) is 14.9. The molecule has 0 radical (unpaired) electrons. The van der Waals surface area contributed by atoms with Crippen LogP contribution in [0.15, 0.2) is 72.8 Å². The Morgan fingerprint density at radius 3 is 2.28 bits per heavy atom. The maximum atomic E-state index is 13.3. The molecule has 0 spiro atoms. The van der Waals surface area contributed by atoms with Crippen molar-refractivity contribution in [3.63, 3.8) is 0 Å². The molecule has 148 valence electrons. The molecule has 0 aromatic heterocycles. The second-order valence-corrected chi connectivity index (χ2v) is 6.83.